The summed E-state index contributed by atoms with van der Waals surface area (Å²) in [6.07, 6.45) is 7.62. The molecule has 0 aliphatic heterocycles. The smallest absolute Gasteiger partial charge is 0.305 e. The Morgan fingerprint density at radius 1 is 1.38 bits per heavy atom. The molecule has 0 aromatic carbocycles. The number of carbonyl (C=O) groups is 2. The van der Waals surface area contributed by atoms with Gasteiger partial charge in [0.15, 0.2) is 6.29 Å². The second-order valence-corrected chi connectivity index (χ2v) is 4.89. The Balaban J connectivity index is 1.86. The fourth-order valence-corrected chi connectivity index (χ4v) is 2.38. The predicted molar refractivity (Wildman–Crippen MR) is 80.2 cm³/mol. The molecule has 0 atom stereocenters. The van der Waals surface area contributed by atoms with Crippen molar-refractivity contribution in [2.75, 3.05) is 6.61 Å². The molecule has 2 aromatic heterocycles. The van der Waals surface area contributed by atoms with E-state index in [9.17, 15) is 9.59 Å². The van der Waals surface area contributed by atoms with Crippen LogP contribution in [0.5, 0.6) is 0 Å². The number of ether oxygens (including phenoxy) is 1. The quantitative estimate of drug-likeness (QED) is 0.425. The Labute approximate surface area is 123 Å². The summed E-state index contributed by atoms with van der Waals surface area (Å²) in [5.74, 6) is -0.131. The molecule has 0 saturated heterocycles. The van der Waals surface area contributed by atoms with Gasteiger partial charge in [-0.2, -0.15) is 0 Å². The van der Waals surface area contributed by atoms with Crippen LogP contribution >= 0.6 is 0 Å². The summed E-state index contributed by atoms with van der Waals surface area (Å²) in [4.78, 5) is 26.6. The van der Waals surface area contributed by atoms with E-state index in [2.05, 4.69) is 4.98 Å². The van der Waals surface area contributed by atoms with Gasteiger partial charge in [-0.25, -0.2) is 4.98 Å². The Hall–Kier alpha value is -2.17. The monoisotopic (exact) mass is 288 g/mol. The van der Waals surface area contributed by atoms with Gasteiger partial charge in [-0.05, 0) is 31.9 Å². The molecule has 0 saturated carbocycles. The number of rotatable bonds is 8. The number of aryl methyl sites for hydroxylation is 1. The number of hydrogen-bond donors (Lipinski definition) is 0. The first kappa shape index (κ1) is 15.2. The molecular weight excluding hydrogens is 268 g/mol. The van der Waals surface area contributed by atoms with Gasteiger partial charge in [0, 0.05) is 36.3 Å². The standard InChI is InChI=1S/C16H20N2O3/c1-2-21-15(20)8-4-3-5-10-18-11-13(12-19)14-7-6-9-17-16(14)18/h6-7,9,11-12H,2-5,8,10H2,1H3. The molecule has 112 valence electrons. The molecule has 0 unspecified atom stereocenters. The average molecular weight is 288 g/mol. The van der Waals surface area contributed by atoms with E-state index in [0.717, 1.165) is 43.1 Å². The first-order valence-electron chi connectivity index (χ1n) is 7.31. The third-order valence-corrected chi connectivity index (χ3v) is 3.38. The molecule has 5 nitrogen and oxygen atoms in total. The maximum absolute atomic E-state index is 11.2. The highest BCUT2D eigenvalue weighted by molar-refractivity contribution is 5.95. The summed E-state index contributed by atoms with van der Waals surface area (Å²) in [5, 5.41) is 0.888. The van der Waals surface area contributed by atoms with E-state index in [1.807, 2.05) is 29.8 Å². The van der Waals surface area contributed by atoms with Crippen molar-refractivity contribution >= 4 is 23.3 Å². The van der Waals surface area contributed by atoms with Crippen molar-refractivity contribution in [3.05, 3.63) is 30.1 Å². The lowest BCUT2D eigenvalue weighted by Crippen LogP contribution is -2.03. The first-order valence-corrected chi connectivity index (χ1v) is 7.31. The molecule has 2 aromatic rings. The molecule has 5 heteroatoms. The van der Waals surface area contributed by atoms with Crippen LogP contribution in [0.25, 0.3) is 11.0 Å². The Kier molecular flexibility index (Phi) is 5.49. The van der Waals surface area contributed by atoms with Gasteiger partial charge >= 0.3 is 5.97 Å². The maximum atomic E-state index is 11.2. The van der Waals surface area contributed by atoms with E-state index >= 15 is 0 Å². The van der Waals surface area contributed by atoms with Gasteiger partial charge in [0.1, 0.15) is 5.65 Å². The Morgan fingerprint density at radius 2 is 2.24 bits per heavy atom. The van der Waals surface area contributed by atoms with Crippen LogP contribution in [-0.4, -0.2) is 28.4 Å². The largest absolute Gasteiger partial charge is 0.466 e. The van der Waals surface area contributed by atoms with E-state index < -0.39 is 0 Å². The zero-order valence-electron chi connectivity index (χ0n) is 12.2. The molecule has 0 amide bonds. The lowest BCUT2D eigenvalue weighted by Gasteiger charge is -2.04. The molecule has 2 heterocycles. The molecule has 0 aliphatic rings. The van der Waals surface area contributed by atoms with Crippen molar-refractivity contribution in [3.8, 4) is 0 Å². The number of fused-ring (bicyclic) bond motifs is 1. The molecule has 0 radical (unpaired) electrons. The predicted octanol–water partition coefficient (Wildman–Crippen LogP) is 2.97. The van der Waals surface area contributed by atoms with Crippen LogP contribution in [0.2, 0.25) is 0 Å². The molecule has 2 rings (SSSR count). The van der Waals surface area contributed by atoms with Crippen molar-refractivity contribution in [2.45, 2.75) is 39.2 Å². The normalized spacial score (nSPS) is 10.7. The highest BCUT2D eigenvalue weighted by Crippen LogP contribution is 2.18. The van der Waals surface area contributed by atoms with Gasteiger partial charge in [0.2, 0.25) is 0 Å². The topological polar surface area (TPSA) is 61.2 Å². The van der Waals surface area contributed by atoms with Gasteiger partial charge in [-0.3, -0.25) is 9.59 Å². The van der Waals surface area contributed by atoms with Crippen LogP contribution in [0.3, 0.4) is 0 Å². The van der Waals surface area contributed by atoms with Crippen LogP contribution in [0.4, 0.5) is 0 Å². The summed E-state index contributed by atoms with van der Waals surface area (Å²) >= 11 is 0. The Morgan fingerprint density at radius 3 is 3.00 bits per heavy atom. The lowest BCUT2D eigenvalue weighted by atomic mass is 10.2. The van der Waals surface area contributed by atoms with Crippen LogP contribution < -0.4 is 0 Å². The molecule has 0 fully saturated rings. The van der Waals surface area contributed by atoms with E-state index in [-0.39, 0.29) is 5.97 Å². The number of hydrogen-bond acceptors (Lipinski definition) is 4. The minimum absolute atomic E-state index is 0.131. The number of aromatic nitrogens is 2. The van der Waals surface area contributed by atoms with E-state index in [0.29, 0.717) is 18.6 Å². The Bertz CT molecular complexity index is 619. The van der Waals surface area contributed by atoms with Crippen molar-refractivity contribution in [1.82, 2.24) is 9.55 Å². The van der Waals surface area contributed by atoms with Gasteiger partial charge in [0.25, 0.3) is 0 Å². The molecule has 21 heavy (non-hydrogen) atoms. The highest BCUT2D eigenvalue weighted by Gasteiger charge is 2.08. The van der Waals surface area contributed by atoms with Gasteiger partial charge in [0.05, 0.1) is 6.61 Å². The van der Waals surface area contributed by atoms with Crippen molar-refractivity contribution in [1.29, 1.82) is 0 Å². The lowest BCUT2D eigenvalue weighted by molar-refractivity contribution is -0.143. The second kappa shape index (κ2) is 7.57. The zero-order chi connectivity index (χ0) is 15.1. The number of nitrogens with zero attached hydrogens (tertiary/aromatic N) is 2. The summed E-state index contributed by atoms with van der Waals surface area (Å²) in [6.45, 7) is 3.05. The fourth-order valence-electron chi connectivity index (χ4n) is 2.38. The van der Waals surface area contributed by atoms with Crippen molar-refractivity contribution < 1.29 is 14.3 Å². The number of carbonyl (C=O) groups excluding carboxylic acids is 2. The van der Waals surface area contributed by atoms with Crippen LogP contribution in [0.15, 0.2) is 24.5 Å². The highest BCUT2D eigenvalue weighted by atomic mass is 16.5. The number of aldehydes is 1. The minimum Gasteiger partial charge on any atom is -0.466 e. The number of esters is 1. The summed E-state index contributed by atoms with van der Waals surface area (Å²) in [7, 11) is 0. The molecular formula is C16H20N2O3. The van der Waals surface area contributed by atoms with E-state index in [1.165, 1.54) is 0 Å². The van der Waals surface area contributed by atoms with Crippen molar-refractivity contribution in [2.24, 2.45) is 0 Å². The van der Waals surface area contributed by atoms with Gasteiger partial charge in [-0.15, -0.1) is 0 Å². The van der Waals surface area contributed by atoms with E-state index in [1.54, 1.807) is 6.20 Å². The number of unbranched alkanes of at least 4 members (excludes halogenated alkanes) is 2. The third kappa shape index (κ3) is 3.90. The van der Waals surface area contributed by atoms with Crippen LogP contribution in [-0.2, 0) is 16.1 Å². The molecule has 0 spiro atoms. The molecule has 0 aliphatic carbocycles. The summed E-state index contributed by atoms with van der Waals surface area (Å²) in [6, 6.07) is 3.74. The van der Waals surface area contributed by atoms with Crippen LogP contribution in [0.1, 0.15) is 43.0 Å². The van der Waals surface area contributed by atoms with E-state index in [4.69, 9.17) is 4.74 Å². The van der Waals surface area contributed by atoms with Crippen LogP contribution in [0, 0.1) is 0 Å². The number of pyridine rings is 1. The van der Waals surface area contributed by atoms with Gasteiger partial charge in [-0.1, -0.05) is 6.42 Å². The summed E-state index contributed by atoms with van der Waals surface area (Å²) < 4.78 is 6.89. The third-order valence-electron chi connectivity index (χ3n) is 3.38. The summed E-state index contributed by atoms with van der Waals surface area (Å²) in [5.41, 5.74) is 1.51. The maximum Gasteiger partial charge on any atom is 0.305 e. The molecule has 0 N–H and O–H groups in total. The first-order chi connectivity index (χ1) is 10.3. The SMILES string of the molecule is CCOC(=O)CCCCCn1cc(C=O)c2cccnc21. The zero-order valence-corrected chi connectivity index (χ0v) is 12.2. The van der Waals surface area contributed by atoms with Gasteiger partial charge < -0.3 is 9.30 Å². The fraction of sp³-hybridized carbons (Fsp3) is 0.438. The molecule has 0 bridgehead atoms. The average Bonchev–Trinajstić information content (AvgIpc) is 2.85. The minimum atomic E-state index is -0.131. The van der Waals surface area contributed by atoms with Crippen molar-refractivity contribution in [3.63, 3.8) is 0 Å². The second-order valence-electron chi connectivity index (χ2n) is 4.89.